The minimum absolute atomic E-state index is 0.0841. The van der Waals surface area contributed by atoms with E-state index in [1.54, 1.807) is 0 Å². The molecule has 204 valence electrons. The molecule has 0 N–H and O–H groups in total. The predicted molar refractivity (Wildman–Crippen MR) is 123 cm³/mol. The van der Waals surface area contributed by atoms with Gasteiger partial charge in [0.2, 0.25) is 0 Å². The van der Waals surface area contributed by atoms with Crippen LogP contribution in [-0.4, -0.2) is 44.9 Å². The van der Waals surface area contributed by atoms with Gasteiger partial charge < -0.3 is 4.74 Å². The molecule has 0 aliphatic carbocycles. The summed E-state index contributed by atoms with van der Waals surface area (Å²) in [6.45, 7) is -0.252. The highest BCUT2D eigenvalue weighted by atomic mass is 32.2. The molecule has 12 heteroatoms. The van der Waals surface area contributed by atoms with Crippen LogP contribution in [0, 0.1) is 0 Å². The maximum atomic E-state index is 13.3. The highest BCUT2D eigenvalue weighted by Gasteiger charge is 2.55. The Kier molecular flexibility index (Phi) is 7.68. The second-order valence-corrected chi connectivity index (χ2v) is 11.1. The van der Waals surface area contributed by atoms with Gasteiger partial charge >= 0.3 is 12.4 Å². The molecule has 2 aliphatic rings. The monoisotopic (exact) mass is 551 g/mol. The second-order valence-electron chi connectivity index (χ2n) is 9.49. The van der Waals surface area contributed by atoms with Crippen molar-refractivity contribution in [2.24, 2.45) is 0 Å². The minimum atomic E-state index is -4.94. The molecule has 2 heterocycles. The molecule has 2 fully saturated rings. The van der Waals surface area contributed by atoms with Gasteiger partial charge in [-0.15, -0.1) is 0 Å². The number of alkyl halides is 6. The van der Waals surface area contributed by atoms with E-state index in [1.165, 1.54) is 0 Å². The van der Waals surface area contributed by atoms with Crippen molar-refractivity contribution in [2.45, 2.75) is 62.3 Å². The molecule has 0 amide bonds. The van der Waals surface area contributed by atoms with Crippen LogP contribution in [0.4, 0.5) is 26.3 Å². The van der Waals surface area contributed by atoms with Crippen molar-refractivity contribution >= 4 is 10.1 Å². The zero-order valence-electron chi connectivity index (χ0n) is 20.0. The maximum absolute atomic E-state index is 13.3. The number of halogens is 6. The average Bonchev–Trinajstić information content (AvgIpc) is 3.05. The summed E-state index contributed by atoms with van der Waals surface area (Å²) in [6, 6.07) is 10.9. The van der Waals surface area contributed by atoms with Crippen molar-refractivity contribution in [3.63, 3.8) is 0 Å². The van der Waals surface area contributed by atoms with Gasteiger partial charge in [-0.25, -0.2) is 0 Å². The van der Waals surface area contributed by atoms with E-state index in [0.717, 1.165) is 18.2 Å². The number of hydrogen-bond acceptors (Lipinski definition) is 5. The molecule has 3 atom stereocenters. The van der Waals surface area contributed by atoms with Crippen molar-refractivity contribution in [1.82, 2.24) is 4.90 Å². The van der Waals surface area contributed by atoms with E-state index in [-0.39, 0.29) is 30.8 Å². The topological polar surface area (TPSA) is 55.8 Å². The normalized spacial score (nSPS) is 24.9. The molecule has 0 spiro atoms. The van der Waals surface area contributed by atoms with Crippen molar-refractivity contribution < 1.29 is 43.7 Å². The summed E-state index contributed by atoms with van der Waals surface area (Å²) in [6.07, 6.45) is -6.81. The van der Waals surface area contributed by atoms with Crippen molar-refractivity contribution in [3.8, 4) is 0 Å². The lowest BCUT2D eigenvalue weighted by Crippen LogP contribution is -2.57. The van der Waals surface area contributed by atoms with Crippen LogP contribution in [0.25, 0.3) is 0 Å². The number of nitrogens with zero attached hydrogens (tertiary/aromatic N) is 1. The van der Waals surface area contributed by atoms with E-state index < -0.39 is 51.8 Å². The molecule has 2 saturated heterocycles. The largest absolute Gasteiger partial charge is 0.416 e. The number of benzene rings is 2. The first kappa shape index (κ1) is 27.9. The first-order valence-electron chi connectivity index (χ1n) is 11.8. The molecule has 5 nitrogen and oxygen atoms in total. The van der Waals surface area contributed by atoms with Crippen LogP contribution in [0.5, 0.6) is 0 Å². The van der Waals surface area contributed by atoms with Crippen molar-refractivity contribution in [3.05, 3.63) is 70.8 Å². The van der Waals surface area contributed by atoms with Gasteiger partial charge in [-0.3, -0.25) is 9.08 Å². The van der Waals surface area contributed by atoms with E-state index in [9.17, 15) is 34.8 Å². The average molecular weight is 552 g/mol. The van der Waals surface area contributed by atoms with Crippen LogP contribution in [0.3, 0.4) is 0 Å². The molecule has 0 radical (unpaired) electrons. The van der Waals surface area contributed by atoms with Gasteiger partial charge in [0.25, 0.3) is 10.1 Å². The zero-order chi connectivity index (χ0) is 27.1. The molecule has 3 unspecified atom stereocenters. The highest BCUT2D eigenvalue weighted by Crippen LogP contribution is 2.52. The molecule has 4 rings (SSSR count). The van der Waals surface area contributed by atoms with Crippen LogP contribution in [0.15, 0.2) is 48.5 Å². The number of hydrogen-bond donors (Lipinski definition) is 0. The summed E-state index contributed by atoms with van der Waals surface area (Å²) in [4.78, 5) is 2.12. The fourth-order valence-corrected chi connectivity index (χ4v) is 6.03. The van der Waals surface area contributed by atoms with E-state index in [1.807, 2.05) is 30.3 Å². The molecule has 2 aromatic rings. The zero-order valence-corrected chi connectivity index (χ0v) is 20.8. The second kappa shape index (κ2) is 10.2. The Labute approximate surface area is 211 Å². The van der Waals surface area contributed by atoms with Crippen LogP contribution in [-0.2, 0) is 43.5 Å². The lowest BCUT2D eigenvalue weighted by Gasteiger charge is -2.50. The molecule has 0 saturated carbocycles. The Morgan fingerprint density at radius 3 is 2.14 bits per heavy atom. The quantitative estimate of drug-likeness (QED) is 0.310. The number of ether oxygens (including phenoxy) is 1. The Morgan fingerprint density at radius 2 is 1.57 bits per heavy atom. The van der Waals surface area contributed by atoms with Gasteiger partial charge in [-0.2, -0.15) is 34.8 Å². The van der Waals surface area contributed by atoms with Crippen LogP contribution < -0.4 is 0 Å². The van der Waals surface area contributed by atoms with Gasteiger partial charge in [-0.1, -0.05) is 30.3 Å². The minimum Gasteiger partial charge on any atom is -0.371 e. The van der Waals surface area contributed by atoms with E-state index >= 15 is 0 Å². The first-order chi connectivity index (χ1) is 17.2. The third kappa shape index (κ3) is 6.13. The number of fused-ring (bicyclic) bond motifs is 2. The Bertz CT molecular complexity index is 1170. The fourth-order valence-electron chi connectivity index (χ4n) is 5.65. The molecule has 2 bridgehead atoms. The Hall–Kier alpha value is -2.15. The third-order valence-corrected chi connectivity index (χ3v) is 7.70. The smallest absolute Gasteiger partial charge is 0.371 e. The van der Waals surface area contributed by atoms with E-state index in [2.05, 4.69) is 4.90 Å². The summed E-state index contributed by atoms with van der Waals surface area (Å²) in [7, 11) is -3.66. The van der Waals surface area contributed by atoms with Gasteiger partial charge in [0.1, 0.15) is 0 Å². The summed E-state index contributed by atoms with van der Waals surface area (Å²) >= 11 is 0. The molecular weight excluding hydrogens is 524 g/mol. The molecule has 2 aliphatic heterocycles. The SMILES string of the molecule is CS(=O)(=O)OCCN1C2CCC(OCc3cc(C(F)(F)F)cc(C(F)(F)F)c3)C1(c1ccccc1)CC2. The molecule has 0 aromatic heterocycles. The standard InChI is InChI=1S/C25H27F6NO4S/c1-37(33,34)36-12-11-32-21-7-8-22(23(32,10-9-21)18-5-3-2-4-6-18)35-16-17-13-19(24(26,27)28)15-20(14-17)25(29,30)31/h2-6,13-15,21-22H,7-12,16H2,1H3. The first-order valence-corrected chi connectivity index (χ1v) is 13.6. The van der Waals surface area contributed by atoms with Gasteiger partial charge in [0, 0.05) is 12.6 Å². The lowest BCUT2D eigenvalue weighted by molar-refractivity contribution is -0.143. The molecule has 2 aromatic carbocycles. The summed E-state index contributed by atoms with van der Waals surface area (Å²) < 4.78 is 114. The van der Waals surface area contributed by atoms with Gasteiger partial charge in [0.15, 0.2) is 0 Å². The Morgan fingerprint density at radius 1 is 0.946 bits per heavy atom. The van der Waals surface area contributed by atoms with Gasteiger partial charge in [0.05, 0.1) is 42.2 Å². The maximum Gasteiger partial charge on any atom is 0.416 e. The lowest BCUT2D eigenvalue weighted by atomic mass is 9.79. The molecule has 37 heavy (non-hydrogen) atoms. The summed E-state index contributed by atoms with van der Waals surface area (Å²) in [5.41, 5.74) is -2.83. The summed E-state index contributed by atoms with van der Waals surface area (Å²) in [5.74, 6) is 0. The fraction of sp³-hybridized carbons (Fsp3) is 0.520. The van der Waals surface area contributed by atoms with Crippen molar-refractivity contribution in [2.75, 3.05) is 19.4 Å². The number of rotatable bonds is 8. The van der Waals surface area contributed by atoms with E-state index in [0.29, 0.717) is 31.4 Å². The predicted octanol–water partition coefficient (Wildman–Crippen LogP) is 5.74. The number of piperidine rings is 1. The van der Waals surface area contributed by atoms with E-state index in [4.69, 9.17) is 8.92 Å². The summed E-state index contributed by atoms with van der Waals surface area (Å²) in [5, 5.41) is 0. The van der Waals surface area contributed by atoms with Crippen LogP contribution >= 0.6 is 0 Å². The van der Waals surface area contributed by atoms with Crippen molar-refractivity contribution in [1.29, 1.82) is 0 Å². The van der Waals surface area contributed by atoms with Crippen LogP contribution in [0.2, 0.25) is 0 Å². The molecular formula is C25H27F6NO4S. The van der Waals surface area contributed by atoms with Gasteiger partial charge in [-0.05, 0) is 55.0 Å². The highest BCUT2D eigenvalue weighted by molar-refractivity contribution is 7.85. The third-order valence-electron chi connectivity index (χ3n) is 7.11. The Balaban J connectivity index is 1.64. The van der Waals surface area contributed by atoms with Crippen LogP contribution in [0.1, 0.15) is 47.9 Å².